The van der Waals surface area contributed by atoms with Crippen LogP contribution in [0.2, 0.25) is 0 Å². The second kappa shape index (κ2) is 3.74. The molecule has 0 fully saturated rings. The third-order valence-corrected chi connectivity index (χ3v) is 3.62. The Balaban J connectivity index is 2.45. The standard InChI is InChI=1S/C10H9ClOS/c11-5-9-10(12)8-4-2-1-3-7(8)6-13-9/h1-5,10,12H,6H2/b9-5+. The van der Waals surface area contributed by atoms with Gasteiger partial charge in [-0.2, -0.15) is 0 Å². The molecule has 0 bridgehead atoms. The summed E-state index contributed by atoms with van der Waals surface area (Å²) in [6.45, 7) is 0. The van der Waals surface area contributed by atoms with E-state index >= 15 is 0 Å². The molecule has 1 aliphatic heterocycles. The summed E-state index contributed by atoms with van der Waals surface area (Å²) in [6.07, 6.45) is -0.535. The number of hydrogen-bond acceptors (Lipinski definition) is 2. The van der Waals surface area contributed by atoms with E-state index in [-0.39, 0.29) is 0 Å². The van der Waals surface area contributed by atoms with Crippen molar-refractivity contribution in [3.05, 3.63) is 45.8 Å². The zero-order chi connectivity index (χ0) is 9.26. The summed E-state index contributed by atoms with van der Waals surface area (Å²) in [5.41, 5.74) is 3.64. The van der Waals surface area contributed by atoms with Crippen LogP contribution in [0.3, 0.4) is 0 Å². The van der Waals surface area contributed by atoms with Crippen molar-refractivity contribution < 1.29 is 5.11 Å². The Hall–Kier alpha value is -0.440. The SMILES string of the molecule is OC1/C(=C\Cl)SCc2ccccc21. The summed E-state index contributed by atoms with van der Waals surface area (Å²) in [5, 5.41) is 9.85. The van der Waals surface area contributed by atoms with Crippen LogP contribution in [0.25, 0.3) is 0 Å². The topological polar surface area (TPSA) is 20.2 Å². The summed E-state index contributed by atoms with van der Waals surface area (Å²) < 4.78 is 0. The lowest BCUT2D eigenvalue weighted by molar-refractivity contribution is 0.223. The molecule has 2 rings (SSSR count). The van der Waals surface area contributed by atoms with E-state index in [1.165, 1.54) is 11.1 Å². The Morgan fingerprint density at radius 2 is 2.23 bits per heavy atom. The monoisotopic (exact) mass is 212 g/mol. The van der Waals surface area contributed by atoms with E-state index in [0.29, 0.717) is 0 Å². The Morgan fingerprint density at radius 3 is 3.00 bits per heavy atom. The number of halogens is 1. The van der Waals surface area contributed by atoms with Gasteiger partial charge in [-0.3, -0.25) is 0 Å². The minimum atomic E-state index is -0.535. The first-order valence-corrected chi connectivity index (χ1v) is 5.44. The third-order valence-electron chi connectivity index (χ3n) is 2.12. The fraction of sp³-hybridized carbons (Fsp3) is 0.200. The predicted octanol–water partition coefficient (Wildman–Crippen LogP) is 3.05. The number of aliphatic hydroxyl groups is 1. The maximum Gasteiger partial charge on any atom is 0.111 e. The molecule has 1 nitrogen and oxygen atoms in total. The van der Waals surface area contributed by atoms with Crippen molar-refractivity contribution in [3.63, 3.8) is 0 Å². The minimum absolute atomic E-state index is 0.535. The van der Waals surface area contributed by atoms with Crippen molar-refractivity contribution in [2.75, 3.05) is 0 Å². The van der Waals surface area contributed by atoms with Crippen LogP contribution in [-0.2, 0) is 5.75 Å². The summed E-state index contributed by atoms with van der Waals surface area (Å²) in [6, 6.07) is 7.90. The normalized spacial score (nSPS) is 24.5. The second-order valence-corrected chi connectivity index (χ2v) is 4.17. The van der Waals surface area contributed by atoms with Crippen LogP contribution in [0.15, 0.2) is 34.7 Å². The second-order valence-electron chi connectivity index (χ2n) is 2.90. The van der Waals surface area contributed by atoms with E-state index in [4.69, 9.17) is 11.6 Å². The first-order valence-electron chi connectivity index (χ1n) is 4.02. The average molecular weight is 213 g/mol. The Bertz CT molecular complexity index is 349. The molecule has 1 atom stereocenters. The molecule has 13 heavy (non-hydrogen) atoms. The van der Waals surface area contributed by atoms with E-state index in [1.54, 1.807) is 11.8 Å². The van der Waals surface area contributed by atoms with Crippen molar-refractivity contribution >= 4 is 23.4 Å². The zero-order valence-corrected chi connectivity index (χ0v) is 8.48. The van der Waals surface area contributed by atoms with Gasteiger partial charge in [0.1, 0.15) is 6.10 Å². The highest BCUT2D eigenvalue weighted by atomic mass is 35.5. The number of fused-ring (bicyclic) bond motifs is 1. The average Bonchev–Trinajstić information content (AvgIpc) is 2.19. The van der Waals surface area contributed by atoms with Crippen LogP contribution in [0, 0.1) is 0 Å². The van der Waals surface area contributed by atoms with Gasteiger partial charge in [-0.25, -0.2) is 0 Å². The lowest BCUT2D eigenvalue weighted by atomic mass is 10.0. The van der Waals surface area contributed by atoms with Gasteiger partial charge in [0.2, 0.25) is 0 Å². The molecule has 68 valence electrons. The molecule has 0 spiro atoms. The molecule has 1 aromatic rings. The molecule has 3 heteroatoms. The summed E-state index contributed by atoms with van der Waals surface area (Å²) >= 11 is 7.19. The van der Waals surface area contributed by atoms with Crippen LogP contribution < -0.4 is 0 Å². The molecule has 0 saturated carbocycles. The molecule has 0 aromatic heterocycles. The maximum absolute atomic E-state index is 9.85. The molecule has 1 heterocycles. The zero-order valence-electron chi connectivity index (χ0n) is 6.90. The van der Waals surface area contributed by atoms with Crippen molar-refractivity contribution in [1.29, 1.82) is 0 Å². The van der Waals surface area contributed by atoms with Gasteiger partial charge in [0, 0.05) is 16.2 Å². The Kier molecular flexibility index (Phi) is 2.63. The number of benzene rings is 1. The van der Waals surface area contributed by atoms with Crippen LogP contribution in [-0.4, -0.2) is 5.11 Å². The summed E-state index contributed by atoms with van der Waals surface area (Å²) in [5.74, 6) is 0.895. The van der Waals surface area contributed by atoms with E-state index in [1.807, 2.05) is 24.3 Å². The van der Waals surface area contributed by atoms with E-state index < -0.39 is 6.10 Å². The lowest BCUT2D eigenvalue weighted by Crippen LogP contribution is -2.07. The molecular formula is C10H9ClOS. The predicted molar refractivity (Wildman–Crippen MR) is 56.6 cm³/mol. The van der Waals surface area contributed by atoms with E-state index in [2.05, 4.69) is 0 Å². The fourth-order valence-electron chi connectivity index (χ4n) is 1.42. The van der Waals surface area contributed by atoms with Crippen LogP contribution in [0.4, 0.5) is 0 Å². The highest BCUT2D eigenvalue weighted by Crippen LogP contribution is 2.40. The highest BCUT2D eigenvalue weighted by Gasteiger charge is 2.21. The molecule has 0 amide bonds. The van der Waals surface area contributed by atoms with Gasteiger partial charge in [0.25, 0.3) is 0 Å². The number of hydrogen-bond donors (Lipinski definition) is 1. The van der Waals surface area contributed by atoms with Gasteiger partial charge < -0.3 is 5.11 Å². The molecule has 1 aliphatic rings. The fourth-order valence-corrected chi connectivity index (χ4v) is 2.66. The molecule has 1 unspecified atom stereocenters. The van der Waals surface area contributed by atoms with Crippen LogP contribution in [0.1, 0.15) is 17.2 Å². The highest BCUT2D eigenvalue weighted by molar-refractivity contribution is 8.02. The Labute approximate surface area is 86.4 Å². The molecule has 0 radical (unpaired) electrons. The first kappa shape index (κ1) is 9.13. The molecule has 0 aliphatic carbocycles. The van der Waals surface area contributed by atoms with Gasteiger partial charge in [0.15, 0.2) is 0 Å². The first-order chi connectivity index (χ1) is 6.33. The van der Waals surface area contributed by atoms with E-state index in [9.17, 15) is 5.11 Å². The summed E-state index contributed by atoms with van der Waals surface area (Å²) in [7, 11) is 0. The minimum Gasteiger partial charge on any atom is -0.383 e. The quantitative estimate of drug-likeness (QED) is 0.714. The van der Waals surface area contributed by atoms with Crippen LogP contribution >= 0.6 is 23.4 Å². The van der Waals surface area contributed by atoms with Gasteiger partial charge >= 0.3 is 0 Å². The largest absolute Gasteiger partial charge is 0.383 e. The van der Waals surface area contributed by atoms with Crippen LogP contribution in [0.5, 0.6) is 0 Å². The Morgan fingerprint density at radius 1 is 1.46 bits per heavy atom. The van der Waals surface area contributed by atoms with Gasteiger partial charge in [0.05, 0.1) is 0 Å². The van der Waals surface area contributed by atoms with Crippen molar-refractivity contribution in [1.82, 2.24) is 0 Å². The maximum atomic E-state index is 9.85. The van der Waals surface area contributed by atoms with Gasteiger partial charge in [-0.1, -0.05) is 35.9 Å². The molecule has 0 saturated heterocycles. The van der Waals surface area contributed by atoms with Gasteiger partial charge in [-0.05, 0) is 11.1 Å². The molecular weight excluding hydrogens is 204 g/mol. The van der Waals surface area contributed by atoms with Crippen molar-refractivity contribution in [2.24, 2.45) is 0 Å². The number of rotatable bonds is 0. The molecule has 1 N–H and O–H groups in total. The lowest BCUT2D eigenvalue weighted by Gasteiger charge is -2.22. The smallest absolute Gasteiger partial charge is 0.111 e. The molecule has 1 aromatic carbocycles. The number of aliphatic hydroxyl groups excluding tert-OH is 1. The van der Waals surface area contributed by atoms with Crippen molar-refractivity contribution in [3.8, 4) is 0 Å². The van der Waals surface area contributed by atoms with E-state index in [0.717, 1.165) is 16.2 Å². The number of thioether (sulfide) groups is 1. The van der Waals surface area contributed by atoms with Gasteiger partial charge in [-0.15, -0.1) is 11.8 Å². The third kappa shape index (κ3) is 1.62. The van der Waals surface area contributed by atoms with Crippen molar-refractivity contribution in [2.45, 2.75) is 11.9 Å². The summed E-state index contributed by atoms with van der Waals surface area (Å²) in [4.78, 5) is 0.834.